The Labute approximate surface area is 212 Å². The van der Waals surface area contributed by atoms with Crippen LogP contribution in [0.5, 0.6) is 0 Å². The quantitative estimate of drug-likeness (QED) is 0.560. The normalized spacial score (nSPS) is 20.3. The molecule has 0 unspecified atom stereocenters. The summed E-state index contributed by atoms with van der Waals surface area (Å²) in [6, 6.07) is 9.99. The summed E-state index contributed by atoms with van der Waals surface area (Å²) < 4.78 is 5.18. The fraction of sp³-hybridized carbons (Fsp3) is 0.393. The summed E-state index contributed by atoms with van der Waals surface area (Å²) in [5.74, 6) is 0.670. The van der Waals surface area contributed by atoms with Crippen LogP contribution in [-0.2, 0) is 16.1 Å². The Morgan fingerprint density at radius 1 is 1.25 bits per heavy atom. The summed E-state index contributed by atoms with van der Waals surface area (Å²) in [4.78, 5) is 24.7. The molecule has 3 aliphatic rings. The van der Waals surface area contributed by atoms with Crippen LogP contribution in [0.25, 0.3) is 11.3 Å². The molecule has 2 aromatic rings. The molecule has 1 amide bonds. The Morgan fingerprint density at radius 3 is 3.11 bits per heavy atom. The third-order valence-corrected chi connectivity index (χ3v) is 6.80. The Morgan fingerprint density at radius 2 is 2.19 bits per heavy atom. The average molecular weight is 487 g/mol. The second-order valence-electron chi connectivity index (χ2n) is 9.49. The molecule has 1 atom stereocenters. The SMILES string of the molecule is COCCNCC1=CC2=CCC(=C1)CN1CCC[C@H]1C(=O)NCc1cccc(c1)-c1ccnc(n1)N2. The lowest BCUT2D eigenvalue weighted by molar-refractivity contribution is -0.125. The Kier molecular flexibility index (Phi) is 7.85. The lowest BCUT2D eigenvalue weighted by Gasteiger charge is -2.25. The zero-order valence-corrected chi connectivity index (χ0v) is 20.8. The first-order valence-corrected chi connectivity index (χ1v) is 12.7. The molecule has 1 fully saturated rings. The zero-order valence-electron chi connectivity index (χ0n) is 20.8. The number of anilines is 1. The molecule has 0 spiro atoms. The van der Waals surface area contributed by atoms with E-state index in [9.17, 15) is 4.79 Å². The number of hydrogen-bond donors (Lipinski definition) is 3. The molecule has 3 N–H and O–H groups in total. The summed E-state index contributed by atoms with van der Waals surface area (Å²) in [6.45, 7) is 4.38. The number of hydrogen-bond acceptors (Lipinski definition) is 7. The van der Waals surface area contributed by atoms with E-state index in [0.717, 1.165) is 68.0 Å². The number of fused-ring (bicyclic) bond motifs is 8. The van der Waals surface area contributed by atoms with Crippen molar-refractivity contribution in [1.82, 2.24) is 25.5 Å². The van der Waals surface area contributed by atoms with E-state index in [4.69, 9.17) is 9.72 Å². The van der Waals surface area contributed by atoms with Gasteiger partial charge in [0.2, 0.25) is 11.9 Å². The summed E-state index contributed by atoms with van der Waals surface area (Å²) in [5.41, 5.74) is 6.32. The van der Waals surface area contributed by atoms with Gasteiger partial charge in [-0.1, -0.05) is 35.9 Å². The van der Waals surface area contributed by atoms with E-state index in [-0.39, 0.29) is 11.9 Å². The van der Waals surface area contributed by atoms with Gasteiger partial charge in [0.1, 0.15) is 0 Å². The molecule has 6 bridgehead atoms. The minimum Gasteiger partial charge on any atom is -0.383 e. The highest BCUT2D eigenvalue weighted by Gasteiger charge is 2.31. The second-order valence-corrected chi connectivity index (χ2v) is 9.49. The minimum absolute atomic E-state index is 0.0947. The molecule has 188 valence electrons. The van der Waals surface area contributed by atoms with E-state index in [1.54, 1.807) is 13.3 Å². The van der Waals surface area contributed by atoms with Gasteiger partial charge in [-0.25, -0.2) is 9.97 Å². The van der Waals surface area contributed by atoms with Gasteiger partial charge in [-0.2, -0.15) is 0 Å². The third-order valence-electron chi connectivity index (χ3n) is 6.80. The van der Waals surface area contributed by atoms with Crippen LogP contribution in [0.1, 0.15) is 24.8 Å². The maximum Gasteiger partial charge on any atom is 0.237 e. The molecule has 0 saturated carbocycles. The van der Waals surface area contributed by atoms with Crippen LogP contribution in [-0.4, -0.2) is 66.7 Å². The third kappa shape index (κ3) is 6.07. The van der Waals surface area contributed by atoms with Crippen molar-refractivity contribution in [3.63, 3.8) is 0 Å². The maximum absolute atomic E-state index is 13.2. The molecule has 1 aromatic heterocycles. The molecule has 1 aromatic carbocycles. The van der Waals surface area contributed by atoms with Gasteiger partial charge in [-0.05, 0) is 55.2 Å². The van der Waals surface area contributed by atoms with Gasteiger partial charge in [0.25, 0.3) is 0 Å². The van der Waals surface area contributed by atoms with Gasteiger partial charge >= 0.3 is 0 Å². The van der Waals surface area contributed by atoms with Gasteiger partial charge in [0, 0.05) is 50.7 Å². The topological polar surface area (TPSA) is 91.4 Å². The highest BCUT2D eigenvalue weighted by molar-refractivity contribution is 5.82. The second kappa shape index (κ2) is 11.6. The van der Waals surface area contributed by atoms with Gasteiger partial charge in [0.05, 0.1) is 18.3 Å². The number of aromatic nitrogens is 2. The molecule has 36 heavy (non-hydrogen) atoms. The number of methoxy groups -OCH3 is 1. The van der Waals surface area contributed by atoms with E-state index in [2.05, 4.69) is 50.1 Å². The lowest BCUT2D eigenvalue weighted by Crippen LogP contribution is -2.43. The average Bonchev–Trinajstić information content (AvgIpc) is 3.27. The largest absolute Gasteiger partial charge is 0.383 e. The predicted molar refractivity (Wildman–Crippen MR) is 141 cm³/mol. The number of ether oxygens (including phenoxy) is 1. The number of rotatable bonds is 5. The number of carbonyl (C=O) groups excluding carboxylic acids is 1. The van der Waals surface area contributed by atoms with Crippen LogP contribution >= 0.6 is 0 Å². The zero-order chi connectivity index (χ0) is 24.7. The van der Waals surface area contributed by atoms with Gasteiger partial charge in [-0.15, -0.1) is 0 Å². The van der Waals surface area contributed by atoms with Gasteiger partial charge in [0.15, 0.2) is 0 Å². The van der Waals surface area contributed by atoms with Crippen molar-refractivity contribution in [3.05, 3.63) is 77.2 Å². The molecule has 8 nitrogen and oxygen atoms in total. The fourth-order valence-corrected chi connectivity index (χ4v) is 5.00. The minimum atomic E-state index is -0.0947. The van der Waals surface area contributed by atoms with E-state index in [1.165, 1.54) is 11.1 Å². The van der Waals surface area contributed by atoms with Crippen LogP contribution in [0.2, 0.25) is 0 Å². The Balaban J connectivity index is 1.48. The number of allylic oxidation sites excluding steroid dienone is 2. The van der Waals surface area contributed by atoms with Crippen LogP contribution in [0.3, 0.4) is 0 Å². The van der Waals surface area contributed by atoms with Crippen LogP contribution in [0, 0.1) is 0 Å². The summed E-state index contributed by atoms with van der Waals surface area (Å²) >= 11 is 0. The first-order chi connectivity index (χ1) is 17.7. The highest BCUT2D eigenvalue weighted by Crippen LogP contribution is 2.25. The molecule has 0 radical (unpaired) electrons. The highest BCUT2D eigenvalue weighted by atomic mass is 16.5. The van der Waals surface area contributed by atoms with Crippen molar-refractivity contribution in [2.45, 2.75) is 31.8 Å². The summed E-state index contributed by atoms with van der Waals surface area (Å²) in [6.07, 6.45) is 11.1. The standard InChI is InChI=1S/C28H34N6O2/c1-36-13-11-29-17-22-14-21-7-8-24(16-22)32-28-30-10-9-25(33-28)23-5-2-4-20(15-23)18-31-27(35)26-6-3-12-34(26)19-21/h2,4-5,8-10,14-16,26,29H,3,6-7,11-13,17-19H2,1H3,(H,31,35)(H,30,32,33)/t26-/m0/s1. The first kappa shape index (κ1) is 24.4. The van der Waals surface area contributed by atoms with Crippen molar-refractivity contribution in [1.29, 1.82) is 0 Å². The lowest BCUT2D eigenvalue weighted by atomic mass is 10.1. The fourth-order valence-electron chi connectivity index (χ4n) is 5.00. The summed E-state index contributed by atoms with van der Waals surface area (Å²) in [5, 5.41) is 10.1. The molecule has 1 aliphatic carbocycles. The number of nitrogens with one attached hydrogen (secondary N) is 3. The number of carbonyl (C=O) groups is 1. The number of nitrogens with zero attached hydrogens (tertiary/aromatic N) is 3. The van der Waals surface area contributed by atoms with E-state index in [1.807, 2.05) is 24.3 Å². The van der Waals surface area contributed by atoms with Crippen LogP contribution < -0.4 is 16.0 Å². The van der Waals surface area contributed by atoms with Crippen LogP contribution in [0.4, 0.5) is 5.95 Å². The smallest absolute Gasteiger partial charge is 0.237 e. The predicted octanol–water partition coefficient (Wildman–Crippen LogP) is 3.03. The Bertz CT molecular complexity index is 1190. The first-order valence-electron chi connectivity index (χ1n) is 12.7. The van der Waals surface area contributed by atoms with Crippen molar-refractivity contribution >= 4 is 11.9 Å². The van der Waals surface area contributed by atoms with E-state index in [0.29, 0.717) is 19.1 Å². The molecular formula is C28H34N6O2. The molecule has 5 rings (SSSR count). The van der Waals surface area contributed by atoms with E-state index >= 15 is 0 Å². The van der Waals surface area contributed by atoms with Crippen molar-refractivity contribution in [2.24, 2.45) is 0 Å². The number of benzene rings is 1. The van der Waals surface area contributed by atoms with Gasteiger partial charge in [-0.3, -0.25) is 9.69 Å². The summed E-state index contributed by atoms with van der Waals surface area (Å²) in [7, 11) is 1.71. The number of amides is 1. The van der Waals surface area contributed by atoms with E-state index < -0.39 is 0 Å². The molecule has 3 heterocycles. The maximum atomic E-state index is 13.2. The van der Waals surface area contributed by atoms with Crippen molar-refractivity contribution in [3.8, 4) is 11.3 Å². The molecule has 2 aliphatic heterocycles. The Hall–Kier alpha value is -3.33. The monoisotopic (exact) mass is 486 g/mol. The molecule has 1 saturated heterocycles. The van der Waals surface area contributed by atoms with Gasteiger partial charge < -0.3 is 20.7 Å². The van der Waals surface area contributed by atoms with Crippen molar-refractivity contribution in [2.75, 3.05) is 45.2 Å². The van der Waals surface area contributed by atoms with Crippen molar-refractivity contribution < 1.29 is 9.53 Å². The molecule has 8 heteroatoms. The van der Waals surface area contributed by atoms with Crippen LogP contribution in [0.15, 0.2) is 71.6 Å². The molecular weight excluding hydrogens is 452 g/mol.